The number of aliphatic hydroxyl groups excluding tert-OH is 1. The lowest BCUT2D eigenvalue weighted by atomic mass is 9.89. The third kappa shape index (κ3) is 5.13. The predicted molar refractivity (Wildman–Crippen MR) is 82.9 cm³/mol. The lowest BCUT2D eigenvalue weighted by Crippen LogP contribution is -2.39. The van der Waals surface area contributed by atoms with Crippen molar-refractivity contribution in [1.82, 2.24) is 5.32 Å². The molecule has 0 aliphatic rings. The van der Waals surface area contributed by atoms with E-state index >= 15 is 0 Å². The maximum atomic E-state index is 11.9. The summed E-state index contributed by atoms with van der Waals surface area (Å²) in [6.45, 7) is 6.05. The average Bonchev–Trinajstić information content (AvgIpc) is 2.37. The van der Waals surface area contributed by atoms with Gasteiger partial charge in [0.2, 0.25) is 5.91 Å². The molecule has 5 heteroatoms. The van der Waals surface area contributed by atoms with Crippen LogP contribution in [0.25, 0.3) is 0 Å². The third-order valence-corrected chi connectivity index (χ3v) is 3.87. The summed E-state index contributed by atoms with van der Waals surface area (Å²) in [4.78, 5) is 11.9. The fraction of sp³-hybridized carbons (Fsp3) is 0.533. The molecule has 1 aromatic rings. The van der Waals surface area contributed by atoms with E-state index in [-0.39, 0.29) is 24.3 Å². The molecule has 0 aromatic heterocycles. The van der Waals surface area contributed by atoms with Crippen molar-refractivity contribution in [3.63, 3.8) is 0 Å². The zero-order valence-electron chi connectivity index (χ0n) is 12.4. The first kappa shape index (κ1) is 17.0. The number of ether oxygens (including phenoxy) is 1. The number of carbonyl (C=O) groups excluding carboxylic acids is 1. The predicted octanol–water partition coefficient (Wildman–Crippen LogP) is 2.52. The topological polar surface area (TPSA) is 58.6 Å². The molecule has 0 aliphatic carbocycles. The highest BCUT2D eigenvalue weighted by Gasteiger charge is 2.22. The normalized spacial score (nSPS) is 12.9. The molecule has 2 N–H and O–H groups in total. The molecule has 0 bridgehead atoms. The van der Waals surface area contributed by atoms with Crippen molar-refractivity contribution in [2.45, 2.75) is 33.3 Å². The zero-order valence-corrected chi connectivity index (χ0v) is 14.0. The summed E-state index contributed by atoms with van der Waals surface area (Å²) in [7, 11) is 1.59. The van der Waals surface area contributed by atoms with E-state index < -0.39 is 6.10 Å². The van der Waals surface area contributed by atoms with Crippen molar-refractivity contribution < 1.29 is 14.6 Å². The van der Waals surface area contributed by atoms with Crippen LogP contribution in [0.5, 0.6) is 5.75 Å². The summed E-state index contributed by atoms with van der Waals surface area (Å²) in [5.74, 6) is 0.591. The largest absolute Gasteiger partial charge is 0.497 e. The van der Waals surface area contributed by atoms with Crippen molar-refractivity contribution in [2.24, 2.45) is 5.41 Å². The summed E-state index contributed by atoms with van der Waals surface area (Å²) in [5.41, 5.74) is 0.608. The molecule has 1 aromatic carbocycles. The SMILES string of the molecule is COc1ccc(Br)c(CC(=O)NCC(O)C(C)(C)C)c1. The fourth-order valence-electron chi connectivity index (χ4n) is 1.57. The van der Waals surface area contributed by atoms with E-state index in [4.69, 9.17) is 4.74 Å². The van der Waals surface area contributed by atoms with Crippen LogP contribution in [0.3, 0.4) is 0 Å². The number of methoxy groups -OCH3 is 1. The molecule has 1 amide bonds. The van der Waals surface area contributed by atoms with Gasteiger partial charge in [0.1, 0.15) is 5.75 Å². The molecular formula is C15H22BrNO3. The Morgan fingerprint density at radius 1 is 1.45 bits per heavy atom. The summed E-state index contributed by atoms with van der Waals surface area (Å²) < 4.78 is 6.01. The van der Waals surface area contributed by atoms with Crippen LogP contribution in [-0.4, -0.2) is 30.8 Å². The molecule has 0 fully saturated rings. The highest BCUT2D eigenvalue weighted by Crippen LogP contribution is 2.23. The number of hydrogen-bond acceptors (Lipinski definition) is 3. The zero-order chi connectivity index (χ0) is 15.3. The van der Waals surface area contributed by atoms with Gasteiger partial charge in [0.15, 0.2) is 0 Å². The van der Waals surface area contributed by atoms with E-state index in [0.29, 0.717) is 5.75 Å². The molecule has 1 atom stereocenters. The van der Waals surface area contributed by atoms with Gasteiger partial charge in [0.05, 0.1) is 19.6 Å². The van der Waals surface area contributed by atoms with Crippen molar-refractivity contribution in [3.8, 4) is 5.75 Å². The summed E-state index contributed by atoms with van der Waals surface area (Å²) in [6.07, 6.45) is -0.325. The first-order chi connectivity index (χ1) is 9.24. The van der Waals surface area contributed by atoms with Gasteiger partial charge in [-0.1, -0.05) is 36.7 Å². The van der Waals surface area contributed by atoms with E-state index in [9.17, 15) is 9.90 Å². The Morgan fingerprint density at radius 3 is 2.65 bits per heavy atom. The van der Waals surface area contributed by atoms with Crippen molar-refractivity contribution >= 4 is 21.8 Å². The van der Waals surface area contributed by atoms with Crippen LogP contribution in [0.2, 0.25) is 0 Å². The Bertz CT molecular complexity index is 469. The van der Waals surface area contributed by atoms with Crippen LogP contribution in [0.15, 0.2) is 22.7 Å². The van der Waals surface area contributed by atoms with Crippen LogP contribution in [0, 0.1) is 5.41 Å². The number of amides is 1. The molecule has 1 rings (SSSR count). The molecule has 0 radical (unpaired) electrons. The fourth-order valence-corrected chi connectivity index (χ4v) is 1.95. The van der Waals surface area contributed by atoms with E-state index in [2.05, 4.69) is 21.2 Å². The van der Waals surface area contributed by atoms with Crippen LogP contribution >= 0.6 is 15.9 Å². The number of rotatable bonds is 5. The van der Waals surface area contributed by atoms with Gasteiger partial charge in [0.25, 0.3) is 0 Å². The lowest BCUT2D eigenvalue weighted by molar-refractivity contribution is -0.121. The lowest BCUT2D eigenvalue weighted by Gasteiger charge is -2.25. The van der Waals surface area contributed by atoms with Crippen LogP contribution in [-0.2, 0) is 11.2 Å². The summed E-state index contributed by atoms with van der Waals surface area (Å²) >= 11 is 3.41. The Hall–Kier alpha value is -1.07. The first-order valence-electron chi connectivity index (χ1n) is 6.51. The van der Waals surface area contributed by atoms with Crippen molar-refractivity contribution in [3.05, 3.63) is 28.2 Å². The smallest absolute Gasteiger partial charge is 0.224 e. The minimum absolute atomic E-state index is 0.123. The Balaban J connectivity index is 2.59. The molecular weight excluding hydrogens is 322 g/mol. The molecule has 0 aliphatic heterocycles. The number of hydrogen-bond donors (Lipinski definition) is 2. The highest BCUT2D eigenvalue weighted by molar-refractivity contribution is 9.10. The molecule has 0 spiro atoms. The molecule has 0 saturated carbocycles. The number of nitrogens with one attached hydrogen (secondary N) is 1. The minimum Gasteiger partial charge on any atom is -0.497 e. The van der Waals surface area contributed by atoms with E-state index in [1.54, 1.807) is 7.11 Å². The quantitative estimate of drug-likeness (QED) is 0.863. The summed E-state index contributed by atoms with van der Waals surface area (Å²) in [6, 6.07) is 5.50. The molecule has 4 nitrogen and oxygen atoms in total. The van der Waals surface area contributed by atoms with Gasteiger partial charge in [-0.15, -0.1) is 0 Å². The third-order valence-electron chi connectivity index (χ3n) is 3.10. The standard InChI is InChI=1S/C15H22BrNO3/c1-15(2,3)13(18)9-17-14(19)8-10-7-11(20-4)5-6-12(10)16/h5-7,13,18H,8-9H2,1-4H3,(H,17,19). The molecule has 0 heterocycles. The van der Waals surface area contributed by atoms with E-state index in [1.165, 1.54) is 0 Å². The molecule has 1 unspecified atom stereocenters. The second-order valence-electron chi connectivity index (χ2n) is 5.82. The first-order valence-corrected chi connectivity index (χ1v) is 7.30. The van der Waals surface area contributed by atoms with Gasteiger partial charge in [-0.25, -0.2) is 0 Å². The monoisotopic (exact) mass is 343 g/mol. The van der Waals surface area contributed by atoms with Crippen LogP contribution in [0.4, 0.5) is 0 Å². The average molecular weight is 344 g/mol. The van der Waals surface area contributed by atoms with E-state index in [1.807, 2.05) is 39.0 Å². The number of benzene rings is 1. The van der Waals surface area contributed by atoms with Crippen LogP contribution < -0.4 is 10.1 Å². The number of halogens is 1. The maximum absolute atomic E-state index is 11.9. The van der Waals surface area contributed by atoms with Gasteiger partial charge < -0.3 is 15.2 Å². The number of aliphatic hydroxyl groups is 1. The molecule has 112 valence electrons. The van der Waals surface area contributed by atoms with Gasteiger partial charge in [-0.2, -0.15) is 0 Å². The minimum atomic E-state index is -0.569. The summed E-state index contributed by atoms with van der Waals surface area (Å²) in [5, 5.41) is 12.6. The van der Waals surface area contributed by atoms with Gasteiger partial charge in [0, 0.05) is 11.0 Å². The Morgan fingerprint density at radius 2 is 2.10 bits per heavy atom. The highest BCUT2D eigenvalue weighted by atomic mass is 79.9. The second-order valence-corrected chi connectivity index (χ2v) is 6.67. The van der Waals surface area contributed by atoms with E-state index in [0.717, 1.165) is 10.0 Å². The van der Waals surface area contributed by atoms with Gasteiger partial charge in [-0.3, -0.25) is 4.79 Å². The van der Waals surface area contributed by atoms with Gasteiger partial charge >= 0.3 is 0 Å². The van der Waals surface area contributed by atoms with Crippen molar-refractivity contribution in [2.75, 3.05) is 13.7 Å². The Kier molecular flexibility index (Phi) is 6.02. The molecule has 20 heavy (non-hydrogen) atoms. The second kappa shape index (κ2) is 7.09. The van der Waals surface area contributed by atoms with Gasteiger partial charge in [-0.05, 0) is 29.2 Å². The van der Waals surface area contributed by atoms with Crippen molar-refractivity contribution in [1.29, 1.82) is 0 Å². The molecule has 0 saturated heterocycles. The Labute approximate surface area is 128 Å². The number of carbonyl (C=O) groups is 1. The maximum Gasteiger partial charge on any atom is 0.224 e. The van der Waals surface area contributed by atoms with Crippen LogP contribution in [0.1, 0.15) is 26.3 Å².